The van der Waals surface area contributed by atoms with Crippen molar-refractivity contribution in [2.75, 3.05) is 4.90 Å². The third-order valence-corrected chi connectivity index (χ3v) is 13.0. The SMILES string of the molecule is c1ccc(-c2ccc3cccc4c3c2C2(c3ccccc3-c3ccc(N(c5ccc6c(c5)oc5ccccc56)c5cccc6ccccc56)cc32)c2ccccc2-4)cc1. The van der Waals surface area contributed by atoms with Gasteiger partial charge in [0.05, 0.1) is 11.1 Å². The second kappa shape index (κ2) is 12.2. The van der Waals surface area contributed by atoms with Gasteiger partial charge in [0.2, 0.25) is 0 Å². The van der Waals surface area contributed by atoms with Crippen molar-refractivity contribution >= 4 is 60.5 Å². The molecule has 1 atom stereocenters. The molecule has 0 amide bonds. The van der Waals surface area contributed by atoms with Crippen molar-refractivity contribution in [2.45, 2.75) is 5.41 Å². The van der Waals surface area contributed by atoms with E-state index < -0.39 is 5.41 Å². The number of hydrogen-bond acceptors (Lipinski definition) is 2. The Hall–Kier alpha value is -7.68. The molecule has 1 unspecified atom stereocenters. The summed E-state index contributed by atoms with van der Waals surface area (Å²) in [6, 6.07) is 78.3. The van der Waals surface area contributed by atoms with Crippen molar-refractivity contribution in [3.8, 4) is 33.4 Å². The molecule has 2 aliphatic rings. The van der Waals surface area contributed by atoms with Crippen molar-refractivity contribution in [1.82, 2.24) is 0 Å². The minimum Gasteiger partial charge on any atom is -0.456 e. The molecule has 59 heavy (non-hydrogen) atoms. The summed E-state index contributed by atoms with van der Waals surface area (Å²) in [5, 5.41) is 7.20. The van der Waals surface area contributed by atoms with Gasteiger partial charge in [0, 0.05) is 33.6 Å². The maximum atomic E-state index is 6.54. The second-order valence-electron chi connectivity index (χ2n) is 15.9. The van der Waals surface area contributed by atoms with E-state index in [4.69, 9.17) is 4.42 Å². The second-order valence-corrected chi connectivity index (χ2v) is 15.9. The molecule has 0 aliphatic heterocycles. The lowest BCUT2D eigenvalue weighted by atomic mass is 9.60. The van der Waals surface area contributed by atoms with E-state index in [1.54, 1.807) is 0 Å². The Labute approximate surface area is 341 Å². The maximum absolute atomic E-state index is 6.54. The normalized spacial score (nSPS) is 14.8. The first-order valence-corrected chi connectivity index (χ1v) is 20.4. The van der Waals surface area contributed by atoms with Crippen LogP contribution >= 0.6 is 0 Å². The standard InChI is InChI=1S/C57H35NO/c1-2-14-37(15-3-1)42-31-28-38-18-12-23-48-44-21-7-10-25-50(44)57(56(42)55(38)48)49-24-9-6-20-43(49)45-32-29-39(34-51(45)57)58(52-26-13-17-36-16-4-5-19-41(36)52)40-30-33-47-46-22-8-11-27-53(46)59-54(47)35-40/h1-35H. The van der Waals surface area contributed by atoms with Crippen LogP contribution in [0, 0.1) is 0 Å². The van der Waals surface area contributed by atoms with E-state index in [1.807, 2.05) is 6.07 Å². The van der Waals surface area contributed by atoms with Crippen LogP contribution in [0.25, 0.3) is 76.9 Å². The predicted octanol–water partition coefficient (Wildman–Crippen LogP) is 15.4. The Morgan fingerprint density at radius 2 is 0.949 bits per heavy atom. The van der Waals surface area contributed by atoms with Crippen molar-refractivity contribution in [2.24, 2.45) is 0 Å². The number of hydrogen-bond donors (Lipinski definition) is 0. The van der Waals surface area contributed by atoms with E-state index in [0.717, 1.165) is 39.0 Å². The topological polar surface area (TPSA) is 16.4 Å². The van der Waals surface area contributed by atoms with E-state index in [1.165, 1.54) is 77.2 Å². The van der Waals surface area contributed by atoms with Crippen molar-refractivity contribution < 1.29 is 4.42 Å². The minimum absolute atomic E-state index is 0.606. The summed E-state index contributed by atoms with van der Waals surface area (Å²) in [4.78, 5) is 2.44. The highest BCUT2D eigenvalue weighted by Gasteiger charge is 2.51. The predicted molar refractivity (Wildman–Crippen MR) is 245 cm³/mol. The van der Waals surface area contributed by atoms with Crippen molar-refractivity contribution in [3.63, 3.8) is 0 Å². The van der Waals surface area contributed by atoms with E-state index in [-0.39, 0.29) is 0 Å². The summed E-state index contributed by atoms with van der Waals surface area (Å²) in [7, 11) is 0. The summed E-state index contributed by atoms with van der Waals surface area (Å²) < 4.78 is 6.54. The van der Waals surface area contributed by atoms with Gasteiger partial charge >= 0.3 is 0 Å². The highest BCUT2D eigenvalue weighted by molar-refractivity contribution is 6.11. The van der Waals surface area contributed by atoms with Gasteiger partial charge in [0.1, 0.15) is 11.2 Å². The molecule has 0 saturated heterocycles. The van der Waals surface area contributed by atoms with E-state index in [2.05, 4.69) is 211 Å². The first-order valence-electron chi connectivity index (χ1n) is 20.4. The Kier molecular flexibility index (Phi) is 6.68. The molecule has 0 radical (unpaired) electrons. The summed E-state index contributed by atoms with van der Waals surface area (Å²) in [5.74, 6) is 0. The molecule has 13 rings (SSSR count). The fourth-order valence-corrected chi connectivity index (χ4v) is 10.7. The lowest BCUT2D eigenvalue weighted by Gasteiger charge is -2.41. The van der Waals surface area contributed by atoms with Crippen LogP contribution in [0.3, 0.4) is 0 Å². The fraction of sp³-hybridized carbons (Fsp3) is 0.0175. The number of para-hydroxylation sites is 1. The quantitative estimate of drug-likeness (QED) is 0.178. The van der Waals surface area contributed by atoms with E-state index >= 15 is 0 Å². The molecule has 2 aliphatic carbocycles. The number of nitrogens with zero attached hydrogens (tertiary/aromatic N) is 1. The average Bonchev–Trinajstić information content (AvgIpc) is 3.81. The van der Waals surface area contributed by atoms with Gasteiger partial charge in [-0.05, 0) is 108 Å². The summed E-state index contributed by atoms with van der Waals surface area (Å²) in [6.45, 7) is 0. The van der Waals surface area contributed by atoms with Crippen LogP contribution in [0.5, 0.6) is 0 Å². The van der Waals surface area contributed by atoms with Crippen LogP contribution in [0.4, 0.5) is 17.1 Å². The number of furan rings is 1. The summed E-state index contributed by atoms with van der Waals surface area (Å²) in [5.41, 5.74) is 17.3. The lowest BCUT2D eigenvalue weighted by Crippen LogP contribution is -2.32. The first-order chi connectivity index (χ1) is 29.3. The Bertz CT molecular complexity index is 3520. The molecule has 10 aromatic carbocycles. The van der Waals surface area contributed by atoms with Crippen LogP contribution in [0.15, 0.2) is 217 Å². The van der Waals surface area contributed by atoms with Crippen LogP contribution in [-0.2, 0) is 5.41 Å². The van der Waals surface area contributed by atoms with Crippen LogP contribution in [0.2, 0.25) is 0 Å². The summed E-state index contributed by atoms with van der Waals surface area (Å²) in [6.07, 6.45) is 0. The van der Waals surface area contributed by atoms with Crippen LogP contribution in [0.1, 0.15) is 22.3 Å². The highest BCUT2D eigenvalue weighted by atomic mass is 16.3. The smallest absolute Gasteiger partial charge is 0.137 e. The fourth-order valence-electron chi connectivity index (χ4n) is 10.7. The zero-order valence-electron chi connectivity index (χ0n) is 32.1. The molecule has 274 valence electrons. The van der Waals surface area contributed by atoms with Gasteiger partial charge in [-0.15, -0.1) is 0 Å². The third kappa shape index (κ3) is 4.40. The number of anilines is 3. The molecule has 11 aromatic rings. The van der Waals surface area contributed by atoms with Gasteiger partial charge < -0.3 is 9.32 Å². The molecular weight excluding hydrogens is 715 g/mol. The van der Waals surface area contributed by atoms with Gasteiger partial charge in [0.15, 0.2) is 0 Å². The van der Waals surface area contributed by atoms with E-state index in [9.17, 15) is 0 Å². The van der Waals surface area contributed by atoms with Gasteiger partial charge in [0.25, 0.3) is 0 Å². The Morgan fingerprint density at radius 1 is 0.356 bits per heavy atom. The zero-order valence-corrected chi connectivity index (χ0v) is 32.1. The molecule has 2 nitrogen and oxygen atoms in total. The molecule has 0 fully saturated rings. The monoisotopic (exact) mass is 749 g/mol. The van der Waals surface area contributed by atoms with Gasteiger partial charge in [-0.1, -0.05) is 170 Å². The minimum atomic E-state index is -0.606. The molecule has 1 spiro atoms. The van der Waals surface area contributed by atoms with E-state index in [0.29, 0.717) is 0 Å². The summed E-state index contributed by atoms with van der Waals surface area (Å²) >= 11 is 0. The molecule has 1 aromatic heterocycles. The van der Waals surface area contributed by atoms with Crippen molar-refractivity contribution in [1.29, 1.82) is 0 Å². The maximum Gasteiger partial charge on any atom is 0.137 e. The van der Waals surface area contributed by atoms with Gasteiger partial charge in [-0.3, -0.25) is 0 Å². The number of benzene rings is 10. The lowest BCUT2D eigenvalue weighted by molar-refractivity contribution is 0.669. The molecular formula is C57H35NO. The Morgan fingerprint density at radius 3 is 1.81 bits per heavy atom. The third-order valence-electron chi connectivity index (χ3n) is 13.0. The van der Waals surface area contributed by atoms with Crippen molar-refractivity contribution in [3.05, 3.63) is 235 Å². The first kappa shape index (κ1) is 32.4. The van der Waals surface area contributed by atoms with Crippen LogP contribution < -0.4 is 4.90 Å². The molecule has 2 heteroatoms. The highest BCUT2D eigenvalue weighted by Crippen LogP contribution is 2.64. The largest absolute Gasteiger partial charge is 0.456 e. The van der Waals surface area contributed by atoms with Gasteiger partial charge in [-0.25, -0.2) is 0 Å². The molecule has 0 saturated carbocycles. The van der Waals surface area contributed by atoms with Gasteiger partial charge in [-0.2, -0.15) is 0 Å². The zero-order chi connectivity index (χ0) is 38.7. The number of fused-ring (bicyclic) bond motifs is 13. The molecule has 0 bridgehead atoms. The molecule has 0 N–H and O–H groups in total. The van der Waals surface area contributed by atoms with Crippen LogP contribution in [-0.4, -0.2) is 0 Å². The Balaban J connectivity index is 1.16. The number of rotatable bonds is 4. The average molecular weight is 750 g/mol. The molecule has 1 heterocycles.